The zero-order valence-corrected chi connectivity index (χ0v) is 21.8. The first kappa shape index (κ1) is 25.5. The topological polar surface area (TPSA) is 72.8 Å². The van der Waals surface area contributed by atoms with Gasteiger partial charge in [0.05, 0.1) is 25.3 Å². The fraction of sp³-hybridized carbons (Fsp3) is 0.643. The molecule has 7 nitrogen and oxygen atoms in total. The van der Waals surface area contributed by atoms with Crippen molar-refractivity contribution < 1.29 is 19.1 Å². The van der Waals surface area contributed by atoms with Gasteiger partial charge in [0, 0.05) is 30.6 Å². The highest BCUT2D eigenvalue weighted by atomic mass is 16.5. The molecule has 4 rings (SSSR count). The van der Waals surface area contributed by atoms with Crippen molar-refractivity contribution in [1.29, 1.82) is 0 Å². The van der Waals surface area contributed by atoms with Crippen LogP contribution in [0.5, 0.6) is 5.75 Å². The van der Waals surface area contributed by atoms with Gasteiger partial charge in [0.2, 0.25) is 5.91 Å². The van der Waals surface area contributed by atoms with E-state index >= 15 is 0 Å². The molecular weight excluding hydrogens is 442 g/mol. The number of hydrogen-bond donors (Lipinski definition) is 1. The van der Waals surface area contributed by atoms with Gasteiger partial charge in [-0.1, -0.05) is 32.1 Å². The van der Waals surface area contributed by atoms with Crippen molar-refractivity contribution in [2.75, 3.05) is 20.3 Å². The summed E-state index contributed by atoms with van der Waals surface area (Å²) in [6.45, 7) is 7.37. The SMILES string of the molecule is COc1ccc2cc3n(c2c1)CC(C)(C(=O)NC1CCCCCCC1)N(CCCOC(C)C)C3=O. The van der Waals surface area contributed by atoms with Gasteiger partial charge in [0.1, 0.15) is 17.0 Å². The van der Waals surface area contributed by atoms with Crippen LogP contribution in [0.4, 0.5) is 0 Å². The molecule has 1 aromatic carbocycles. The van der Waals surface area contributed by atoms with Gasteiger partial charge in [-0.15, -0.1) is 0 Å². The summed E-state index contributed by atoms with van der Waals surface area (Å²) in [5.74, 6) is 0.572. The van der Waals surface area contributed by atoms with Gasteiger partial charge in [-0.3, -0.25) is 9.59 Å². The maximum atomic E-state index is 13.9. The van der Waals surface area contributed by atoms with Gasteiger partial charge in [0.15, 0.2) is 0 Å². The molecule has 1 N–H and O–H groups in total. The molecule has 2 aromatic rings. The highest BCUT2D eigenvalue weighted by Gasteiger charge is 2.47. The third-order valence-electron chi connectivity index (χ3n) is 7.54. The van der Waals surface area contributed by atoms with Gasteiger partial charge in [-0.25, -0.2) is 0 Å². The van der Waals surface area contributed by atoms with Gasteiger partial charge in [-0.2, -0.15) is 0 Å². The van der Waals surface area contributed by atoms with E-state index in [0.717, 1.165) is 42.3 Å². The van der Waals surface area contributed by atoms with E-state index < -0.39 is 5.54 Å². The Morgan fingerprint density at radius 1 is 1.14 bits per heavy atom. The lowest BCUT2D eigenvalue weighted by molar-refractivity contribution is -0.133. The van der Waals surface area contributed by atoms with Crippen molar-refractivity contribution in [3.8, 4) is 5.75 Å². The zero-order chi connectivity index (χ0) is 25.0. The Bertz CT molecular complexity index is 1040. The Kier molecular flexibility index (Phi) is 8.05. The Balaban J connectivity index is 1.64. The van der Waals surface area contributed by atoms with E-state index in [9.17, 15) is 9.59 Å². The number of methoxy groups -OCH3 is 1. The second-order valence-electron chi connectivity index (χ2n) is 10.6. The molecule has 1 aliphatic heterocycles. The van der Waals surface area contributed by atoms with E-state index in [-0.39, 0.29) is 24.0 Å². The summed E-state index contributed by atoms with van der Waals surface area (Å²) in [6, 6.07) is 7.93. The summed E-state index contributed by atoms with van der Waals surface area (Å²) in [5.41, 5.74) is 0.550. The molecule has 1 atom stereocenters. The second kappa shape index (κ2) is 11.0. The zero-order valence-electron chi connectivity index (χ0n) is 21.8. The molecule has 2 amide bonds. The predicted molar refractivity (Wildman–Crippen MR) is 138 cm³/mol. The number of ether oxygens (including phenoxy) is 2. The summed E-state index contributed by atoms with van der Waals surface area (Å²) < 4.78 is 13.2. The van der Waals surface area contributed by atoms with E-state index in [0.29, 0.717) is 31.8 Å². The first-order valence-corrected chi connectivity index (χ1v) is 13.3. The van der Waals surface area contributed by atoms with Crippen molar-refractivity contribution in [3.63, 3.8) is 0 Å². The number of carbonyl (C=O) groups excluding carboxylic acids is 2. The van der Waals surface area contributed by atoms with Gasteiger partial charge >= 0.3 is 0 Å². The molecule has 1 unspecified atom stereocenters. The molecule has 2 heterocycles. The minimum atomic E-state index is -0.987. The molecule has 0 radical (unpaired) electrons. The van der Waals surface area contributed by atoms with Crippen LogP contribution >= 0.6 is 0 Å². The molecular formula is C28H41N3O4. The highest BCUT2D eigenvalue weighted by molar-refractivity contribution is 6.03. The highest BCUT2D eigenvalue weighted by Crippen LogP contribution is 2.34. The molecule has 1 aliphatic carbocycles. The molecule has 2 aliphatic rings. The average molecular weight is 484 g/mol. The first-order chi connectivity index (χ1) is 16.8. The molecule has 0 bridgehead atoms. The number of benzene rings is 1. The van der Waals surface area contributed by atoms with Crippen molar-refractivity contribution >= 4 is 22.7 Å². The molecule has 7 heteroatoms. The van der Waals surface area contributed by atoms with E-state index in [2.05, 4.69) is 5.32 Å². The Morgan fingerprint density at radius 2 is 1.86 bits per heavy atom. The van der Waals surface area contributed by atoms with Crippen LogP contribution in [0.15, 0.2) is 24.3 Å². The van der Waals surface area contributed by atoms with Crippen LogP contribution in [0, 0.1) is 0 Å². The molecule has 1 saturated carbocycles. The van der Waals surface area contributed by atoms with Crippen LogP contribution in [0.1, 0.15) is 82.6 Å². The Hall–Kier alpha value is -2.54. The van der Waals surface area contributed by atoms with Crippen LogP contribution in [0.3, 0.4) is 0 Å². The minimum Gasteiger partial charge on any atom is -0.497 e. The van der Waals surface area contributed by atoms with Crippen LogP contribution in [-0.2, 0) is 16.1 Å². The number of hydrogen-bond acceptors (Lipinski definition) is 4. The largest absolute Gasteiger partial charge is 0.497 e. The molecule has 0 spiro atoms. The maximum Gasteiger partial charge on any atom is 0.271 e. The van der Waals surface area contributed by atoms with E-state index in [4.69, 9.17) is 9.47 Å². The van der Waals surface area contributed by atoms with Gasteiger partial charge in [0.25, 0.3) is 5.91 Å². The predicted octanol–water partition coefficient (Wildman–Crippen LogP) is 4.91. The van der Waals surface area contributed by atoms with Crippen LogP contribution in [0.25, 0.3) is 10.9 Å². The minimum absolute atomic E-state index is 0.0587. The van der Waals surface area contributed by atoms with Crippen LogP contribution in [-0.4, -0.2) is 59.2 Å². The third-order valence-corrected chi connectivity index (χ3v) is 7.54. The fourth-order valence-electron chi connectivity index (χ4n) is 5.49. The van der Waals surface area contributed by atoms with Crippen LogP contribution in [0.2, 0.25) is 0 Å². The normalized spacial score (nSPS) is 21.6. The maximum absolute atomic E-state index is 13.9. The van der Waals surface area contributed by atoms with E-state index in [1.54, 1.807) is 12.0 Å². The number of fused-ring (bicyclic) bond motifs is 3. The van der Waals surface area contributed by atoms with Crippen molar-refractivity contribution in [2.24, 2.45) is 0 Å². The lowest BCUT2D eigenvalue weighted by Crippen LogP contribution is -2.65. The molecule has 1 fully saturated rings. The fourth-order valence-corrected chi connectivity index (χ4v) is 5.49. The molecule has 1 aromatic heterocycles. The number of rotatable bonds is 8. The quantitative estimate of drug-likeness (QED) is 0.542. The van der Waals surface area contributed by atoms with Crippen molar-refractivity contribution in [2.45, 2.75) is 96.4 Å². The van der Waals surface area contributed by atoms with Crippen molar-refractivity contribution in [1.82, 2.24) is 14.8 Å². The van der Waals surface area contributed by atoms with Crippen LogP contribution < -0.4 is 10.1 Å². The standard InChI is InChI=1S/C28H41N3O4/c1-20(2)35-16-10-15-31-26(32)25-17-21-13-14-23(34-4)18-24(21)30(25)19-28(31,3)27(33)29-22-11-8-6-5-7-9-12-22/h13-14,17-18,20,22H,5-12,15-16,19H2,1-4H3,(H,29,33). The molecule has 35 heavy (non-hydrogen) atoms. The molecule has 0 saturated heterocycles. The van der Waals surface area contributed by atoms with E-state index in [1.165, 1.54) is 19.3 Å². The third kappa shape index (κ3) is 5.50. The molecule has 192 valence electrons. The number of aromatic nitrogens is 1. The lowest BCUT2D eigenvalue weighted by Gasteiger charge is -2.45. The summed E-state index contributed by atoms with van der Waals surface area (Å²) >= 11 is 0. The first-order valence-electron chi connectivity index (χ1n) is 13.3. The monoisotopic (exact) mass is 483 g/mol. The number of carbonyl (C=O) groups is 2. The summed E-state index contributed by atoms with van der Waals surface area (Å²) in [4.78, 5) is 29.5. The summed E-state index contributed by atoms with van der Waals surface area (Å²) in [5, 5.41) is 4.32. The Morgan fingerprint density at radius 3 is 2.54 bits per heavy atom. The number of amides is 2. The second-order valence-corrected chi connectivity index (χ2v) is 10.6. The van der Waals surface area contributed by atoms with Gasteiger partial charge in [-0.05, 0) is 58.2 Å². The summed E-state index contributed by atoms with van der Waals surface area (Å²) in [6.07, 6.45) is 8.86. The average Bonchev–Trinajstić information content (AvgIpc) is 3.17. The Labute approximate surface area is 209 Å². The summed E-state index contributed by atoms with van der Waals surface area (Å²) in [7, 11) is 1.64. The van der Waals surface area contributed by atoms with Crippen molar-refractivity contribution in [3.05, 3.63) is 30.0 Å². The number of nitrogens with zero attached hydrogens (tertiary/aromatic N) is 2. The smallest absolute Gasteiger partial charge is 0.271 e. The number of nitrogens with one attached hydrogen (secondary N) is 1. The lowest BCUT2D eigenvalue weighted by atomic mass is 9.92. The van der Waals surface area contributed by atoms with E-state index in [1.807, 2.05) is 49.6 Å². The van der Waals surface area contributed by atoms with Gasteiger partial charge < -0.3 is 24.3 Å².